The van der Waals surface area contributed by atoms with E-state index < -0.39 is 6.09 Å². The highest BCUT2D eigenvalue weighted by Gasteiger charge is 2.40. The van der Waals surface area contributed by atoms with Crippen LogP contribution in [0.25, 0.3) is 0 Å². The smallest absolute Gasteiger partial charge is 0.407 e. The third kappa shape index (κ3) is 3.64. The van der Waals surface area contributed by atoms with Crippen LogP contribution in [-0.2, 0) is 9.47 Å². The van der Waals surface area contributed by atoms with E-state index >= 15 is 0 Å². The molecule has 0 saturated heterocycles. The lowest BCUT2D eigenvalue weighted by Gasteiger charge is -2.42. The predicted molar refractivity (Wildman–Crippen MR) is 61.1 cm³/mol. The van der Waals surface area contributed by atoms with Crippen LogP contribution in [0.3, 0.4) is 0 Å². The van der Waals surface area contributed by atoms with E-state index in [4.69, 9.17) is 15.2 Å². The van der Waals surface area contributed by atoms with Gasteiger partial charge in [0.15, 0.2) is 0 Å². The molecule has 0 aromatic heterocycles. The fraction of sp³-hybridized carbons (Fsp3) is 0.909. The molecule has 5 nitrogen and oxygen atoms in total. The van der Waals surface area contributed by atoms with Gasteiger partial charge in [0.05, 0.1) is 18.8 Å². The quantitative estimate of drug-likeness (QED) is 0.735. The van der Waals surface area contributed by atoms with Gasteiger partial charge in [-0.2, -0.15) is 0 Å². The summed E-state index contributed by atoms with van der Waals surface area (Å²) in [6.45, 7) is 6.97. The second-order valence-corrected chi connectivity index (χ2v) is 4.56. The van der Waals surface area contributed by atoms with Crippen molar-refractivity contribution in [3.8, 4) is 0 Å². The Morgan fingerprint density at radius 3 is 2.75 bits per heavy atom. The van der Waals surface area contributed by atoms with Crippen LogP contribution >= 0.6 is 0 Å². The first-order valence-corrected chi connectivity index (χ1v) is 5.85. The number of nitrogens with one attached hydrogen (secondary N) is 1. The summed E-state index contributed by atoms with van der Waals surface area (Å²) in [5.41, 5.74) is 5.80. The molecule has 1 fully saturated rings. The first-order chi connectivity index (χ1) is 7.54. The topological polar surface area (TPSA) is 73.6 Å². The highest BCUT2D eigenvalue weighted by atomic mass is 16.5. The van der Waals surface area contributed by atoms with Gasteiger partial charge in [0, 0.05) is 12.6 Å². The van der Waals surface area contributed by atoms with Crippen molar-refractivity contribution >= 4 is 6.09 Å². The molecule has 1 amide bonds. The molecular weight excluding hydrogens is 208 g/mol. The molecule has 0 aromatic rings. The second-order valence-electron chi connectivity index (χ2n) is 4.56. The minimum Gasteiger partial charge on any atom is -0.449 e. The summed E-state index contributed by atoms with van der Waals surface area (Å²) in [4.78, 5) is 11.4. The summed E-state index contributed by atoms with van der Waals surface area (Å²) in [6, 6.07) is -0.136. The maximum absolute atomic E-state index is 11.4. The number of alkyl carbamates (subject to hydrolysis) is 1. The Bertz CT molecular complexity index is 231. The first kappa shape index (κ1) is 13.3. The molecule has 0 spiro atoms. The maximum Gasteiger partial charge on any atom is 0.407 e. The predicted octanol–water partition coefficient (Wildman–Crippen LogP) is 0.873. The third-order valence-electron chi connectivity index (χ3n) is 2.58. The highest BCUT2D eigenvalue weighted by molar-refractivity contribution is 5.68. The average molecular weight is 230 g/mol. The minimum absolute atomic E-state index is 0.0249. The van der Waals surface area contributed by atoms with Crippen molar-refractivity contribution in [2.45, 2.75) is 45.4 Å². The minimum atomic E-state index is -0.404. The fourth-order valence-electron chi connectivity index (χ4n) is 1.65. The molecule has 1 saturated carbocycles. The number of carbonyl (C=O) groups excluding carboxylic acids is 1. The van der Waals surface area contributed by atoms with Crippen molar-refractivity contribution in [2.24, 2.45) is 11.7 Å². The lowest BCUT2D eigenvalue weighted by molar-refractivity contribution is -0.0319. The number of amides is 1. The standard InChI is InChI=1S/C11H22N2O3/c1-4-15-9-5-8(12)10(9)13-11(14)16-6-7(2)3/h7-10H,4-6,12H2,1-3H3,(H,13,14). The fourth-order valence-corrected chi connectivity index (χ4v) is 1.65. The van der Waals surface area contributed by atoms with Crippen LogP contribution in [0, 0.1) is 5.92 Å². The van der Waals surface area contributed by atoms with Crippen LogP contribution in [-0.4, -0.2) is 37.5 Å². The summed E-state index contributed by atoms with van der Waals surface area (Å²) in [7, 11) is 0. The third-order valence-corrected chi connectivity index (χ3v) is 2.58. The van der Waals surface area contributed by atoms with Crippen molar-refractivity contribution in [3.05, 3.63) is 0 Å². The van der Waals surface area contributed by atoms with Crippen LogP contribution in [0.1, 0.15) is 27.2 Å². The number of carbonyl (C=O) groups is 1. The van der Waals surface area contributed by atoms with Gasteiger partial charge in [0.25, 0.3) is 0 Å². The Morgan fingerprint density at radius 1 is 1.56 bits per heavy atom. The van der Waals surface area contributed by atoms with Gasteiger partial charge in [-0.15, -0.1) is 0 Å². The Balaban J connectivity index is 2.26. The van der Waals surface area contributed by atoms with Crippen LogP contribution < -0.4 is 11.1 Å². The number of hydrogen-bond donors (Lipinski definition) is 2. The summed E-state index contributed by atoms with van der Waals surface area (Å²) >= 11 is 0. The SMILES string of the molecule is CCOC1CC(N)C1NC(=O)OCC(C)C. The van der Waals surface area contributed by atoms with Crippen LogP contribution in [0.4, 0.5) is 4.79 Å². The molecule has 1 aliphatic carbocycles. The Kier molecular flexibility index (Phi) is 5.02. The van der Waals surface area contributed by atoms with E-state index in [9.17, 15) is 4.79 Å². The van der Waals surface area contributed by atoms with Crippen molar-refractivity contribution in [2.75, 3.05) is 13.2 Å². The summed E-state index contributed by atoms with van der Waals surface area (Å²) in [5.74, 6) is 0.337. The van der Waals surface area contributed by atoms with Gasteiger partial charge >= 0.3 is 6.09 Å². The van der Waals surface area contributed by atoms with Crippen LogP contribution in [0.15, 0.2) is 0 Å². The van der Waals surface area contributed by atoms with E-state index in [0.717, 1.165) is 6.42 Å². The molecule has 0 aliphatic heterocycles. The summed E-state index contributed by atoms with van der Waals surface area (Å²) < 4.78 is 10.5. The molecule has 0 aromatic carbocycles. The van der Waals surface area contributed by atoms with Gasteiger partial charge in [-0.1, -0.05) is 13.8 Å². The molecule has 0 bridgehead atoms. The zero-order chi connectivity index (χ0) is 12.1. The lowest BCUT2D eigenvalue weighted by Crippen LogP contribution is -2.64. The van der Waals surface area contributed by atoms with Crippen LogP contribution in [0.2, 0.25) is 0 Å². The summed E-state index contributed by atoms with van der Waals surface area (Å²) in [6.07, 6.45) is 0.424. The Labute approximate surface area is 96.7 Å². The van der Waals surface area contributed by atoms with Gasteiger partial charge < -0.3 is 20.5 Å². The lowest BCUT2D eigenvalue weighted by atomic mass is 9.83. The maximum atomic E-state index is 11.4. The number of nitrogens with two attached hydrogens (primary N) is 1. The second kappa shape index (κ2) is 6.06. The van der Waals surface area contributed by atoms with E-state index in [1.807, 2.05) is 20.8 Å². The van der Waals surface area contributed by atoms with Crippen molar-refractivity contribution in [1.29, 1.82) is 0 Å². The van der Waals surface area contributed by atoms with E-state index in [1.54, 1.807) is 0 Å². The molecule has 3 unspecified atom stereocenters. The first-order valence-electron chi connectivity index (χ1n) is 5.85. The number of ether oxygens (including phenoxy) is 2. The normalized spacial score (nSPS) is 28.7. The van der Waals surface area contributed by atoms with Crippen LogP contribution in [0.5, 0.6) is 0 Å². The zero-order valence-electron chi connectivity index (χ0n) is 10.2. The van der Waals surface area contributed by atoms with Gasteiger partial charge in [-0.3, -0.25) is 0 Å². The molecule has 3 N–H and O–H groups in total. The van der Waals surface area contributed by atoms with Gasteiger partial charge in [0.1, 0.15) is 0 Å². The van der Waals surface area contributed by atoms with Gasteiger partial charge in [-0.25, -0.2) is 4.79 Å². The van der Waals surface area contributed by atoms with E-state index in [2.05, 4.69) is 5.32 Å². The molecule has 94 valence electrons. The van der Waals surface area contributed by atoms with E-state index in [0.29, 0.717) is 19.1 Å². The van der Waals surface area contributed by atoms with Crippen molar-refractivity contribution in [3.63, 3.8) is 0 Å². The molecule has 0 heterocycles. The number of hydrogen-bond acceptors (Lipinski definition) is 4. The van der Waals surface area contributed by atoms with E-state index in [1.165, 1.54) is 0 Å². The molecule has 1 rings (SSSR count). The molecule has 16 heavy (non-hydrogen) atoms. The summed E-state index contributed by atoms with van der Waals surface area (Å²) in [5, 5.41) is 2.75. The monoisotopic (exact) mass is 230 g/mol. The Morgan fingerprint density at radius 2 is 2.25 bits per heavy atom. The zero-order valence-corrected chi connectivity index (χ0v) is 10.2. The van der Waals surface area contributed by atoms with Gasteiger partial charge in [-0.05, 0) is 19.3 Å². The highest BCUT2D eigenvalue weighted by Crippen LogP contribution is 2.22. The van der Waals surface area contributed by atoms with Crippen molar-refractivity contribution < 1.29 is 14.3 Å². The average Bonchev–Trinajstić information content (AvgIpc) is 2.23. The molecule has 5 heteroatoms. The van der Waals surface area contributed by atoms with Gasteiger partial charge in [0.2, 0.25) is 0 Å². The largest absolute Gasteiger partial charge is 0.449 e. The molecule has 1 aliphatic rings. The molecule has 0 radical (unpaired) electrons. The molecule has 3 atom stereocenters. The van der Waals surface area contributed by atoms with Crippen molar-refractivity contribution in [1.82, 2.24) is 5.32 Å². The Hall–Kier alpha value is -0.810. The number of rotatable bonds is 5. The molecular formula is C11H22N2O3. The van der Waals surface area contributed by atoms with E-state index in [-0.39, 0.29) is 18.2 Å².